The van der Waals surface area contributed by atoms with Gasteiger partial charge in [-0.25, -0.2) is 4.79 Å². The maximum absolute atomic E-state index is 12.8. The Labute approximate surface area is 171 Å². The summed E-state index contributed by atoms with van der Waals surface area (Å²) in [6.45, 7) is 8.56. The molecule has 3 amide bonds. The van der Waals surface area contributed by atoms with Gasteiger partial charge in [-0.05, 0) is 31.6 Å². The number of amides is 3. The van der Waals surface area contributed by atoms with E-state index in [1.165, 1.54) is 11.8 Å². The van der Waals surface area contributed by atoms with Crippen LogP contribution in [0.5, 0.6) is 0 Å². The Balaban J connectivity index is 2.90. The van der Waals surface area contributed by atoms with Crippen LogP contribution in [-0.4, -0.2) is 75.6 Å². The molecule has 29 heavy (non-hydrogen) atoms. The van der Waals surface area contributed by atoms with Gasteiger partial charge >= 0.3 is 5.97 Å². The summed E-state index contributed by atoms with van der Waals surface area (Å²) in [4.78, 5) is 50.6. The minimum Gasteiger partial charge on any atom is -0.480 e. The molecule has 5 atom stereocenters. The summed E-state index contributed by atoms with van der Waals surface area (Å²) < 4.78 is 0. The van der Waals surface area contributed by atoms with Crippen LogP contribution in [0.25, 0.3) is 0 Å². The summed E-state index contributed by atoms with van der Waals surface area (Å²) >= 11 is 0. The van der Waals surface area contributed by atoms with Gasteiger partial charge in [-0.1, -0.05) is 27.7 Å². The molecule has 10 heteroatoms. The predicted molar refractivity (Wildman–Crippen MR) is 106 cm³/mol. The van der Waals surface area contributed by atoms with E-state index in [1.54, 1.807) is 27.7 Å². The molecule has 0 spiro atoms. The van der Waals surface area contributed by atoms with Crippen molar-refractivity contribution in [3.8, 4) is 0 Å². The van der Waals surface area contributed by atoms with Gasteiger partial charge in [0.15, 0.2) is 0 Å². The molecule has 5 unspecified atom stereocenters. The topological polar surface area (TPSA) is 162 Å². The van der Waals surface area contributed by atoms with Crippen LogP contribution in [0.2, 0.25) is 0 Å². The van der Waals surface area contributed by atoms with E-state index in [0.717, 1.165) is 0 Å². The maximum atomic E-state index is 12.8. The summed E-state index contributed by atoms with van der Waals surface area (Å²) in [6.07, 6.45) is -0.0335. The lowest BCUT2D eigenvalue weighted by Crippen LogP contribution is -2.59. The predicted octanol–water partition coefficient (Wildman–Crippen LogP) is -0.948. The Morgan fingerprint density at radius 3 is 2.00 bits per heavy atom. The zero-order valence-corrected chi connectivity index (χ0v) is 17.7. The van der Waals surface area contributed by atoms with E-state index < -0.39 is 54.0 Å². The number of aliphatic carboxylic acids is 1. The van der Waals surface area contributed by atoms with Gasteiger partial charge in [-0.15, -0.1) is 0 Å². The molecule has 1 aliphatic heterocycles. The van der Waals surface area contributed by atoms with E-state index >= 15 is 0 Å². The summed E-state index contributed by atoms with van der Waals surface area (Å²) in [6, 6.07) is -3.95. The van der Waals surface area contributed by atoms with E-state index in [4.69, 9.17) is 5.73 Å². The molecule has 10 nitrogen and oxygen atoms in total. The number of hydrogen-bond acceptors (Lipinski definition) is 6. The molecule has 0 aromatic rings. The van der Waals surface area contributed by atoms with E-state index in [2.05, 4.69) is 10.6 Å². The second-order valence-corrected chi connectivity index (χ2v) is 8.25. The highest BCUT2D eigenvalue weighted by molar-refractivity contribution is 5.94. The van der Waals surface area contributed by atoms with Gasteiger partial charge in [0.2, 0.25) is 17.7 Å². The molecule has 1 heterocycles. The maximum Gasteiger partial charge on any atom is 0.326 e. The van der Waals surface area contributed by atoms with Crippen molar-refractivity contribution >= 4 is 23.7 Å². The Hall–Kier alpha value is -2.20. The van der Waals surface area contributed by atoms with Crippen LogP contribution in [-0.2, 0) is 19.2 Å². The third-order valence-corrected chi connectivity index (χ3v) is 5.12. The molecule has 0 aliphatic carbocycles. The van der Waals surface area contributed by atoms with Crippen LogP contribution in [0.1, 0.15) is 47.5 Å². The Bertz CT molecular complexity index is 622. The summed E-state index contributed by atoms with van der Waals surface area (Å²) in [5.74, 6) is -3.39. The SMILES string of the molecule is CC(C)C(NC(=O)C(NC(=O)C1CCCN1C(=O)C(N)C(C)O)C(C)C)C(=O)O. The quantitative estimate of drug-likeness (QED) is 0.325. The van der Waals surface area contributed by atoms with Gasteiger partial charge in [-0.2, -0.15) is 0 Å². The number of likely N-dealkylation sites (tertiary alicyclic amines) is 1. The first kappa shape index (κ1) is 24.8. The van der Waals surface area contributed by atoms with Crippen molar-refractivity contribution < 1.29 is 29.4 Å². The summed E-state index contributed by atoms with van der Waals surface area (Å²) in [7, 11) is 0. The van der Waals surface area contributed by atoms with Crippen molar-refractivity contribution in [1.29, 1.82) is 0 Å². The van der Waals surface area contributed by atoms with Crippen molar-refractivity contribution in [2.75, 3.05) is 6.54 Å². The van der Waals surface area contributed by atoms with Gasteiger partial charge < -0.3 is 31.5 Å². The second-order valence-electron chi connectivity index (χ2n) is 8.25. The zero-order valence-electron chi connectivity index (χ0n) is 17.7. The Morgan fingerprint density at radius 1 is 1.00 bits per heavy atom. The second kappa shape index (κ2) is 10.5. The van der Waals surface area contributed by atoms with Crippen LogP contribution in [0.4, 0.5) is 0 Å². The number of rotatable bonds is 9. The largest absolute Gasteiger partial charge is 0.480 e. The molecule has 1 rings (SSSR count). The lowest BCUT2D eigenvalue weighted by molar-refractivity contribution is -0.144. The van der Waals surface area contributed by atoms with Crippen LogP contribution in [0.3, 0.4) is 0 Å². The van der Waals surface area contributed by atoms with E-state index in [1.807, 2.05) is 0 Å². The molecule has 6 N–H and O–H groups in total. The van der Waals surface area contributed by atoms with Crippen LogP contribution in [0.15, 0.2) is 0 Å². The molecule has 0 saturated carbocycles. The number of carboxylic acid groups (broad SMARTS) is 1. The number of aliphatic hydroxyl groups is 1. The third kappa shape index (κ3) is 6.40. The highest BCUT2D eigenvalue weighted by Crippen LogP contribution is 2.19. The van der Waals surface area contributed by atoms with Gasteiger partial charge in [0, 0.05) is 6.54 Å². The normalized spacial score (nSPS) is 20.9. The van der Waals surface area contributed by atoms with Gasteiger partial charge in [0.05, 0.1) is 6.10 Å². The monoisotopic (exact) mass is 414 g/mol. The first-order valence-electron chi connectivity index (χ1n) is 9.96. The highest BCUT2D eigenvalue weighted by Gasteiger charge is 2.39. The lowest BCUT2D eigenvalue weighted by Gasteiger charge is -2.30. The first-order chi connectivity index (χ1) is 13.4. The van der Waals surface area contributed by atoms with Crippen molar-refractivity contribution in [3.63, 3.8) is 0 Å². The molecule has 1 fully saturated rings. The average molecular weight is 415 g/mol. The number of carbonyl (C=O) groups is 4. The van der Waals surface area contributed by atoms with Gasteiger partial charge in [0.25, 0.3) is 0 Å². The Morgan fingerprint density at radius 2 is 1.55 bits per heavy atom. The fourth-order valence-corrected chi connectivity index (χ4v) is 3.24. The zero-order chi connectivity index (χ0) is 22.5. The number of nitrogens with two attached hydrogens (primary N) is 1. The minimum atomic E-state index is -1.15. The number of hydrogen-bond donors (Lipinski definition) is 5. The van der Waals surface area contributed by atoms with Crippen molar-refractivity contribution in [3.05, 3.63) is 0 Å². The van der Waals surface area contributed by atoms with Crippen molar-refractivity contribution in [2.45, 2.75) is 77.7 Å². The molecule has 1 aliphatic rings. The third-order valence-electron chi connectivity index (χ3n) is 5.12. The smallest absolute Gasteiger partial charge is 0.326 e. The van der Waals surface area contributed by atoms with E-state index in [9.17, 15) is 29.4 Å². The number of aliphatic hydroxyl groups excluding tert-OH is 1. The average Bonchev–Trinajstić information content (AvgIpc) is 3.11. The lowest BCUT2D eigenvalue weighted by atomic mass is 9.99. The molecule has 0 bridgehead atoms. The molecular weight excluding hydrogens is 380 g/mol. The summed E-state index contributed by atoms with van der Waals surface area (Å²) in [5.41, 5.74) is 5.72. The van der Waals surface area contributed by atoms with Gasteiger partial charge in [0.1, 0.15) is 24.2 Å². The minimum absolute atomic E-state index is 0.300. The summed E-state index contributed by atoms with van der Waals surface area (Å²) in [5, 5.41) is 24.0. The highest BCUT2D eigenvalue weighted by atomic mass is 16.4. The van der Waals surface area contributed by atoms with E-state index in [-0.39, 0.29) is 11.8 Å². The fraction of sp³-hybridized carbons (Fsp3) is 0.789. The Kier molecular flexibility index (Phi) is 9.03. The standard InChI is InChI=1S/C19H34N4O6/c1-9(2)14(17(26)22-15(10(3)4)19(28)29)21-16(25)12-7-6-8-23(12)18(27)13(20)11(5)24/h9-15,24H,6-8,20H2,1-5H3,(H,21,25)(H,22,26)(H,28,29). The van der Waals surface area contributed by atoms with Crippen LogP contribution >= 0.6 is 0 Å². The first-order valence-corrected chi connectivity index (χ1v) is 9.96. The number of carbonyl (C=O) groups excluding carboxylic acids is 3. The number of nitrogens with zero attached hydrogens (tertiary/aromatic N) is 1. The molecule has 0 aromatic heterocycles. The number of carboxylic acids is 1. The number of nitrogens with one attached hydrogen (secondary N) is 2. The van der Waals surface area contributed by atoms with Crippen LogP contribution in [0, 0.1) is 11.8 Å². The molecule has 0 radical (unpaired) electrons. The van der Waals surface area contributed by atoms with E-state index in [0.29, 0.717) is 19.4 Å². The van der Waals surface area contributed by atoms with Crippen molar-refractivity contribution in [1.82, 2.24) is 15.5 Å². The van der Waals surface area contributed by atoms with Crippen molar-refractivity contribution in [2.24, 2.45) is 17.6 Å². The molecule has 166 valence electrons. The fourth-order valence-electron chi connectivity index (χ4n) is 3.24. The molecular formula is C19H34N4O6. The molecule has 1 saturated heterocycles. The molecule has 0 aromatic carbocycles. The van der Waals surface area contributed by atoms with Crippen LogP contribution < -0.4 is 16.4 Å². The van der Waals surface area contributed by atoms with Gasteiger partial charge in [-0.3, -0.25) is 14.4 Å².